The molecule has 5 heteroatoms. The van der Waals surface area contributed by atoms with Gasteiger partial charge in [0.2, 0.25) is 5.91 Å². The smallest absolute Gasteiger partial charge is 0.221 e. The number of benzene rings is 1. The van der Waals surface area contributed by atoms with E-state index >= 15 is 0 Å². The van der Waals surface area contributed by atoms with Gasteiger partial charge in [0.05, 0.1) is 0 Å². The third-order valence-electron chi connectivity index (χ3n) is 2.91. The highest BCUT2D eigenvalue weighted by atomic mass is 16.1. The fourth-order valence-corrected chi connectivity index (χ4v) is 2.00. The number of hydrogen-bond acceptors (Lipinski definition) is 3. The van der Waals surface area contributed by atoms with Crippen LogP contribution in [0.1, 0.15) is 20.3 Å². The van der Waals surface area contributed by atoms with Gasteiger partial charge in [0, 0.05) is 42.7 Å². The topological polar surface area (TPSA) is 72.9 Å². The van der Waals surface area contributed by atoms with E-state index in [2.05, 4.69) is 10.3 Å². The third kappa shape index (κ3) is 3.60. The van der Waals surface area contributed by atoms with Gasteiger partial charge in [-0.25, -0.2) is 4.98 Å². The summed E-state index contributed by atoms with van der Waals surface area (Å²) < 4.78 is 1.98. The summed E-state index contributed by atoms with van der Waals surface area (Å²) in [6.07, 6.45) is 4.07. The second-order valence-electron chi connectivity index (χ2n) is 5.04. The van der Waals surface area contributed by atoms with E-state index in [1.165, 1.54) is 0 Å². The van der Waals surface area contributed by atoms with Gasteiger partial charge < -0.3 is 15.6 Å². The van der Waals surface area contributed by atoms with Crippen molar-refractivity contribution in [3.63, 3.8) is 0 Å². The number of nitrogen functional groups attached to an aromatic ring is 1. The Kier molecular flexibility index (Phi) is 4.40. The first-order chi connectivity index (χ1) is 9.56. The van der Waals surface area contributed by atoms with Crippen LogP contribution in [0.4, 0.5) is 5.69 Å². The van der Waals surface area contributed by atoms with Crippen LogP contribution in [0, 0.1) is 0 Å². The molecule has 106 valence electrons. The van der Waals surface area contributed by atoms with Crippen LogP contribution >= 0.6 is 0 Å². The molecular weight excluding hydrogens is 252 g/mol. The van der Waals surface area contributed by atoms with Gasteiger partial charge in [0.1, 0.15) is 5.82 Å². The Morgan fingerprint density at radius 1 is 1.35 bits per heavy atom. The van der Waals surface area contributed by atoms with Crippen LogP contribution in [-0.4, -0.2) is 21.5 Å². The molecule has 3 N–H and O–H groups in total. The minimum atomic E-state index is 0.0527. The second-order valence-corrected chi connectivity index (χ2v) is 5.04. The summed E-state index contributed by atoms with van der Waals surface area (Å²) in [4.78, 5) is 16.0. The van der Waals surface area contributed by atoms with E-state index in [1.807, 2.05) is 48.9 Å². The van der Waals surface area contributed by atoms with Crippen LogP contribution in [0.3, 0.4) is 0 Å². The van der Waals surface area contributed by atoms with Gasteiger partial charge in [-0.2, -0.15) is 0 Å². The Morgan fingerprint density at radius 3 is 2.70 bits per heavy atom. The average molecular weight is 272 g/mol. The van der Waals surface area contributed by atoms with Crippen LogP contribution in [0.5, 0.6) is 0 Å². The molecule has 1 aromatic heterocycles. The van der Waals surface area contributed by atoms with Gasteiger partial charge >= 0.3 is 0 Å². The maximum atomic E-state index is 11.7. The normalized spacial score (nSPS) is 10.8. The Balaban J connectivity index is 2.05. The Labute approximate surface area is 118 Å². The van der Waals surface area contributed by atoms with Crippen molar-refractivity contribution in [2.45, 2.75) is 32.9 Å². The summed E-state index contributed by atoms with van der Waals surface area (Å²) in [7, 11) is 0. The summed E-state index contributed by atoms with van der Waals surface area (Å²) in [6, 6.07) is 7.73. The third-order valence-corrected chi connectivity index (χ3v) is 2.91. The molecule has 0 atom stereocenters. The summed E-state index contributed by atoms with van der Waals surface area (Å²) in [6.45, 7) is 4.52. The number of hydrogen-bond donors (Lipinski definition) is 2. The molecule has 0 bridgehead atoms. The van der Waals surface area contributed by atoms with Crippen LogP contribution in [0.2, 0.25) is 0 Å². The zero-order chi connectivity index (χ0) is 14.5. The molecular formula is C15H20N4O. The first kappa shape index (κ1) is 14.1. The molecule has 0 radical (unpaired) electrons. The van der Waals surface area contributed by atoms with E-state index in [4.69, 9.17) is 5.73 Å². The summed E-state index contributed by atoms with van der Waals surface area (Å²) >= 11 is 0. The average Bonchev–Trinajstić information content (AvgIpc) is 2.85. The Hall–Kier alpha value is -2.30. The standard InChI is InChI=1S/C15H20N4O/c1-11(2)18-14(20)7-9-19-10-8-17-15(19)12-3-5-13(16)6-4-12/h3-6,8,10-11H,7,9,16H2,1-2H3,(H,18,20). The first-order valence-electron chi connectivity index (χ1n) is 6.72. The maximum absolute atomic E-state index is 11.7. The molecule has 1 aromatic carbocycles. The highest BCUT2D eigenvalue weighted by Crippen LogP contribution is 2.19. The van der Waals surface area contributed by atoms with Crippen molar-refractivity contribution >= 4 is 11.6 Å². The molecule has 20 heavy (non-hydrogen) atoms. The fourth-order valence-electron chi connectivity index (χ4n) is 2.00. The molecule has 0 aliphatic heterocycles. The van der Waals surface area contributed by atoms with Crippen molar-refractivity contribution in [3.05, 3.63) is 36.7 Å². The number of anilines is 1. The number of carbonyl (C=O) groups is 1. The number of nitrogens with zero attached hydrogens (tertiary/aromatic N) is 2. The summed E-state index contributed by atoms with van der Waals surface area (Å²) in [5, 5.41) is 2.88. The van der Waals surface area contributed by atoms with E-state index in [9.17, 15) is 4.79 Å². The van der Waals surface area contributed by atoms with Gasteiger partial charge in [-0.1, -0.05) is 0 Å². The minimum Gasteiger partial charge on any atom is -0.399 e. The fraction of sp³-hybridized carbons (Fsp3) is 0.333. The number of rotatable bonds is 5. The van der Waals surface area contributed by atoms with E-state index in [0.29, 0.717) is 13.0 Å². The van der Waals surface area contributed by atoms with E-state index < -0.39 is 0 Å². The number of amides is 1. The zero-order valence-electron chi connectivity index (χ0n) is 11.8. The van der Waals surface area contributed by atoms with Gasteiger partial charge in [-0.15, -0.1) is 0 Å². The van der Waals surface area contributed by atoms with Gasteiger partial charge in [-0.3, -0.25) is 4.79 Å². The molecule has 0 saturated carbocycles. The molecule has 0 saturated heterocycles. The Bertz CT molecular complexity index is 572. The van der Waals surface area contributed by atoms with Crippen molar-refractivity contribution in [1.29, 1.82) is 0 Å². The zero-order valence-corrected chi connectivity index (χ0v) is 11.8. The van der Waals surface area contributed by atoms with E-state index in [0.717, 1.165) is 17.1 Å². The van der Waals surface area contributed by atoms with Gasteiger partial charge in [0.15, 0.2) is 0 Å². The maximum Gasteiger partial charge on any atom is 0.221 e. The molecule has 2 aromatic rings. The second kappa shape index (κ2) is 6.23. The summed E-state index contributed by atoms with van der Waals surface area (Å²) in [5.41, 5.74) is 7.40. The number of aryl methyl sites for hydroxylation is 1. The molecule has 1 heterocycles. The van der Waals surface area contributed by atoms with E-state index in [1.54, 1.807) is 6.20 Å². The molecule has 1 amide bonds. The molecule has 0 unspecified atom stereocenters. The lowest BCUT2D eigenvalue weighted by Gasteiger charge is -2.10. The summed E-state index contributed by atoms with van der Waals surface area (Å²) in [5.74, 6) is 0.902. The Morgan fingerprint density at radius 2 is 2.05 bits per heavy atom. The lowest BCUT2D eigenvalue weighted by Crippen LogP contribution is -2.30. The number of carbonyl (C=O) groups excluding carboxylic acids is 1. The van der Waals surface area contributed by atoms with Crippen molar-refractivity contribution in [3.8, 4) is 11.4 Å². The van der Waals surface area contributed by atoms with Crippen LogP contribution in [-0.2, 0) is 11.3 Å². The van der Waals surface area contributed by atoms with Gasteiger partial charge in [-0.05, 0) is 38.1 Å². The monoisotopic (exact) mass is 272 g/mol. The predicted octanol–water partition coefficient (Wildman–Crippen LogP) is 2.05. The highest BCUT2D eigenvalue weighted by Gasteiger charge is 2.08. The number of aromatic nitrogens is 2. The lowest BCUT2D eigenvalue weighted by molar-refractivity contribution is -0.121. The number of nitrogens with one attached hydrogen (secondary N) is 1. The minimum absolute atomic E-state index is 0.0527. The van der Waals surface area contributed by atoms with E-state index in [-0.39, 0.29) is 11.9 Å². The van der Waals surface area contributed by atoms with Crippen molar-refractivity contribution in [2.75, 3.05) is 5.73 Å². The molecule has 0 aliphatic rings. The van der Waals surface area contributed by atoms with Crippen molar-refractivity contribution < 1.29 is 4.79 Å². The molecule has 0 spiro atoms. The van der Waals surface area contributed by atoms with Crippen LogP contribution in [0.15, 0.2) is 36.7 Å². The molecule has 0 aliphatic carbocycles. The number of imidazole rings is 1. The van der Waals surface area contributed by atoms with Crippen LogP contribution in [0.25, 0.3) is 11.4 Å². The van der Waals surface area contributed by atoms with Crippen LogP contribution < -0.4 is 11.1 Å². The molecule has 0 fully saturated rings. The quantitative estimate of drug-likeness (QED) is 0.818. The van der Waals surface area contributed by atoms with Crippen molar-refractivity contribution in [2.24, 2.45) is 0 Å². The molecule has 2 rings (SSSR count). The first-order valence-corrected chi connectivity index (χ1v) is 6.72. The lowest BCUT2D eigenvalue weighted by atomic mass is 10.2. The van der Waals surface area contributed by atoms with Crippen molar-refractivity contribution in [1.82, 2.24) is 14.9 Å². The molecule has 5 nitrogen and oxygen atoms in total. The largest absolute Gasteiger partial charge is 0.399 e. The predicted molar refractivity (Wildman–Crippen MR) is 80.0 cm³/mol. The highest BCUT2D eigenvalue weighted by molar-refractivity contribution is 5.76. The SMILES string of the molecule is CC(C)NC(=O)CCn1ccnc1-c1ccc(N)cc1. The number of nitrogens with two attached hydrogens (primary N) is 1. The van der Waals surface area contributed by atoms with Gasteiger partial charge in [0.25, 0.3) is 0 Å².